The van der Waals surface area contributed by atoms with Crippen LogP contribution in [0.2, 0.25) is 5.02 Å². The number of rotatable bonds is 10. The molecule has 0 spiro atoms. The molecule has 11 nitrogen and oxygen atoms in total. The van der Waals surface area contributed by atoms with Gasteiger partial charge in [-0.05, 0) is 47.0 Å². The number of hydrogen-bond acceptors (Lipinski definition) is 10. The lowest BCUT2D eigenvalue weighted by Gasteiger charge is -2.18. The molecule has 4 rings (SSSR count). The molecule has 39 heavy (non-hydrogen) atoms. The van der Waals surface area contributed by atoms with Gasteiger partial charge >= 0.3 is 0 Å². The second kappa shape index (κ2) is 11.4. The summed E-state index contributed by atoms with van der Waals surface area (Å²) in [5.74, 6) is 2.68. The van der Waals surface area contributed by atoms with Crippen LogP contribution in [0.15, 0.2) is 40.8 Å². The number of nitro benzene ring substituents is 1. The van der Waals surface area contributed by atoms with Crippen LogP contribution in [0.1, 0.15) is 17.0 Å². The second-order valence-electron chi connectivity index (χ2n) is 7.97. The van der Waals surface area contributed by atoms with Crippen molar-refractivity contribution in [1.29, 1.82) is 0 Å². The Hall–Kier alpha value is -4.64. The first-order valence-corrected chi connectivity index (χ1v) is 11.7. The number of halogens is 1. The summed E-state index contributed by atoms with van der Waals surface area (Å²) < 4.78 is 39.1. The number of nitro groups is 1. The highest BCUT2D eigenvalue weighted by Gasteiger charge is 2.22. The highest BCUT2D eigenvalue weighted by Crippen LogP contribution is 2.45. The normalized spacial score (nSPS) is 10.6. The van der Waals surface area contributed by atoms with E-state index in [1.165, 1.54) is 54.8 Å². The fraction of sp³-hybridized carbons (Fsp3) is 0.222. The van der Waals surface area contributed by atoms with Crippen LogP contribution in [0.5, 0.6) is 34.5 Å². The molecular formula is C27H25ClN2O9. The van der Waals surface area contributed by atoms with Crippen molar-refractivity contribution < 1.29 is 37.8 Å². The zero-order valence-corrected chi connectivity index (χ0v) is 22.7. The van der Waals surface area contributed by atoms with Crippen molar-refractivity contribution in [2.45, 2.75) is 0 Å². The molecule has 0 aliphatic rings. The summed E-state index contributed by atoms with van der Waals surface area (Å²) in [7, 11) is 9.09. The second-order valence-corrected chi connectivity index (χ2v) is 8.37. The van der Waals surface area contributed by atoms with E-state index in [2.05, 4.69) is 4.98 Å². The molecule has 0 radical (unpaired) electrons. The van der Waals surface area contributed by atoms with Gasteiger partial charge < -0.3 is 32.8 Å². The van der Waals surface area contributed by atoms with Gasteiger partial charge in [0.1, 0.15) is 10.5 Å². The van der Waals surface area contributed by atoms with E-state index in [-0.39, 0.29) is 22.2 Å². The molecule has 4 aromatic rings. The molecule has 0 fully saturated rings. The largest absolute Gasteiger partial charge is 0.493 e. The summed E-state index contributed by atoms with van der Waals surface area (Å²) in [6, 6.07) is 9.68. The third-order valence-corrected chi connectivity index (χ3v) is 6.19. The summed E-state index contributed by atoms with van der Waals surface area (Å²) in [4.78, 5) is 15.2. The maximum absolute atomic E-state index is 11.3. The molecule has 12 heteroatoms. The first-order valence-electron chi connectivity index (χ1n) is 11.3. The quantitative estimate of drug-likeness (QED) is 0.169. The number of methoxy groups -OCH3 is 6. The van der Waals surface area contributed by atoms with E-state index in [1.54, 1.807) is 30.3 Å². The third-order valence-electron chi connectivity index (χ3n) is 5.89. The molecule has 0 unspecified atom stereocenters. The fourth-order valence-corrected chi connectivity index (χ4v) is 4.31. The maximum atomic E-state index is 11.3. The lowest BCUT2D eigenvalue weighted by Crippen LogP contribution is -2.00. The molecular weight excluding hydrogens is 532 g/mol. The van der Waals surface area contributed by atoms with Crippen molar-refractivity contribution in [1.82, 2.24) is 4.98 Å². The number of benzene rings is 3. The van der Waals surface area contributed by atoms with Crippen molar-refractivity contribution in [2.75, 3.05) is 42.7 Å². The van der Waals surface area contributed by atoms with Gasteiger partial charge in [0.2, 0.25) is 17.4 Å². The number of nitrogens with zero attached hydrogens (tertiary/aromatic N) is 2. The Morgan fingerprint density at radius 3 is 1.64 bits per heavy atom. The van der Waals surface area contributed by atoms with Gasteiger partial charge in [-0.25, -0.2) is 4.98 Å². The lowest BCUT2D eigenvalue weighted by molar-refractivity contribution is -0.384. The molecule has 0 saturated heterocycles. The summed E-state index contributed by atoms with van der Waals surface area (Å²) in [5, 5.41) is 11.3. The number of hydrogen-bond donors (Lipinski definition) is 0. The van der Waals surface area contributed by atoms with Crippen LogP contribution >= 0.6 is 11.6 Å². The molecule has 1 aromatic heterocycles. The van der Waals surface area contributed by atoms with E-state index in [9.17, 15) is 10.1 Å². The minimum absolute atomic E-state index is 0.0502. The van der Waals surface area contributed by atoms with Crippen LogP contribution in [-0.2, 0) is 0 Å². The Labute approximate surface area is 228 Å². The summed E-state index contributed by atoms with van der Waals surface area (Å²) in [6.07, 6.45) is 1.67. The maximum Gasteiger partial charge on any atom is 0.291 e. The van der Waals surface area contributed by atoms with Crippen LogP contribution in [0, 0.1) is 10.1 Å². The first kappa shape index (κ1) is 27.4. The summed E-state index contributed by atoms with van der Waals surface area (Å²) >= 11 is 6.08. The Kier molecular flexibility index (Phi) is 8.01. The van der Waals surface area contributed by atoms with Gasteiger partial charge in [0.15, 0.2) is 28.6 Å². The third kappa shape index (κ3) is 5.21. The Morgan fingerprint density at radius 2 is 1.26 bits per heavy atom. The van der Waals surface area contributed by atoms with Crippen molar-refractivity contribution in [2.24, 2.45) is 0 Å². The molecule has 0 atom stereocenters. The first-order chi connectivity index (χ1) is 18.8. The molecule has 0 aliphatic carbocycles. The predicted molar refractivity (Wildman–Crippen MR) is 145 cm³/mol. The van der Waals surface area contributed by atoms with E-state index in [0.717, 1.165) is 0 Å². The number of fused-ring (bicyclic) bond motifs is 1. The van der Waals surface area contributed by atoms with E-state index >= 15 is 0 Å². The molecule has 0 N–H and O–H groups in total. The SMILES string of the molecule is COc1cc(C(=Cc2nc3cc(Cl)c([N+](=O)[O-])cc3o2)c2cc(OC)c(OC)c(OC)c2)cc(OC)c1OC. The topological polar surface area (TPSA) is 125 Å². The van der Waals surface area contributed by atoms with Gasteiger partial charge in [-0.1, -0.05) is 11.6 Å². The van der Waals surface area contributed by atoms with E-state index < -0.39 is 4.92 Å². The van der Waals surface area contributed by atoms with Gasteiger partial charge in [0.25, 0.3) is 5.69 Å². The number of aromatic nitrogens is 1. The average molecular weight is 557 g/mol. The van der Waals surface area contributed by atoms with Crippen LogP contribution in [-0.4, -0.2) is 52.6 Å². The van der Waals surface area contributed by atoms with Crippen molar-refractivity contribution >= 4 is 40.0 Å². The van der Waals surface area contributed by atoms with Gasteiger partial charge in [-0.2, -0.15) is 0 Å². The highest BCUT2D eigenvalue weighted by molar-refractivity contribution is 6.33. The van der Waals surface area contributed by atoms with Crippen LogP contribution in [0.25, 0.3) is 22.7 Å². The number of ether oxygens (including phenoxy) is 6. The minimum atomic E-state index is -0.586. The zero-order valence-electron chi connectivity index (χ0n) is 22.0. The number of oxazole rings is 1. The van der Waals surface area contributed by atoms with Gasteiger partial charge in [-0.15, -0.1) is 0 Å². The molecule has 204 valence electrons. The van der Waals surface area contributed by atoms with E-state index in [4.69, 9.17) is 44.4 Å². The zero-order chi connectivity index (χ0) is 28.3. The Morgan fingerprint density at radius 1 is 0.795 bits per heavy atom. The average Bonchev–Trinajstić information content (AvgIpc) is 3.34. The summed E-state index contributed by atoms with van der Waals surface area (Å²) in [6.45, 7) is 0. The molecule has 3 aromatic carbocycles. The molecule has 0 saturated carbocycles. The monoisotopic (exact) mass is 556 g/mol. The standard InChI is InChI=1S/C27H25ClN2O9/c1-33-21-7-14(8-22(34-2)26(21)37-5)16(15-9-23(35-3)27(38-6)24(10-15)36-4)11-25-29-18-12-17(28)19(30(31)32)13-20(18)39-25/h7-13H,1-6H3. The van der Waals surface area contributed by atoms with Crippen LogP contribution in [0.3, 0.4) is 0 Å². The van der Waals surface area contributed by atoms with Crippen molar-refractivity contribution in [3.63, 3.8) is 0 Å². The van der Waals surface area contributed by atoms with Gasteiger partial charge in [0.05, 0.1) is 53.6 Å². The molecule has 0 aliphatic heterocycles. The lowest BCUT2D eigenvalue weighted by atomic mass is 9.95. The minimum Gasteiger partial charge on any atom is -0.493 e. The summed E-state index contributed by atoms with van der Waals surface area (Å²) in [5.41, 5.74) is 2.15. The Balaban J connectivity index is 2.02. The van der Waals surface area contributed by atoms with E-state index in [0.29, 0.717) is 56.7 Å². The molecule has 0 bridgehead atoms. The van der Waals surface area contributed by atoms with Crippen molar-refractivity contribution in [3.8, 4) is 34.5 Å². The fourth-order valence-electron chi connectivity index (χ4n) is 4.09. The van der Waals surface area contributed by atoms with Gasteiger partial charge in [-0.3, -0.25) is 10.1 Å². The Bertz CT molecular complexity index is 1460. The molecule has 1 heterocycles. The molecule has 0 amide bonds. The van der Waals surface area contributed by atoms with E-state index in [1.807, 2.05) is 0 Å². The van der Waals surface area contributed by atoms with Crippen LogP contribution in [0.4, 0.5) is 5.69 Å². The highest BCUT2D eigenvalue weighted by atomic mass is 35.5. The van der Waals surface area contributed by atoms with Crippen LogP contribution < -0.4 is 28.4 Å². The smallest absolute Gasteiger partial charge is 0.291 e. The van der Waals surface area contributed by atoms with Crippen molar-refractivity contribution in [3.05, 3.63) is 68.6 Å². The predicted octanol–water partition coefficient (Wildman–Crippen LogP) is 6.03. The van der Waals surface area contributed by atoms with Gasteiger partial charge in [0, 0.05) is 6.08 Å².